The van der Waals surface area contributed by atoms with Crippen molar-refractivity contribution in [2.45, 2.75) is 19.5 Å². The van der Waals surface area contributed by atoms with Crippen LogP contribution in [0.3, 0.4) is 0 Å². The summed E-state index contributed by atoms with van der Waals surface area (Å²) in [7, 11) is 2.03. The molecule has 0 aromatic heterocycles. The van der Waals surface area contributed by atoms with Crippen molar-refractivity contribution in [2.75, 3.05) is 43.6 Å². The normalized spacial score (nSPS) is 16.6. The van der Waals surface area contributed by atoms with Crippen LogP contribution < -0.4 is 15.1 Å². The molecule has 5 nitrogen and oxygen atoms in total. The average molecular weight is 389 g/mol. The number of benzene rings is 2. The maximum atomic E-state index is 12.6. The number of nitrogens with one attached hydrogen (secondary N) is 2. The number of amides is 1. The van der Waals surface area contributed by atoms with Crippen LogP contribution in [0.4, 0.5) is 11.4 Å². The molecule has 2 aromatic rings. The third-order valence-electron chi connectivity index (χ3n) is 5.04. The van der Waals surface area contributed by atoms with E-state index in [1.165, 1.54) is 0 Å². The molecule has 1 aliphatic heterocycles. The van der Waals surface area contributed by atoms with Crippen LogP contribution in [0.1, 0.15) is 12.5 Å². The lowest BCUT2D eigenvalue weighted by Gasteiger charge is -2.29. The van der Waals surface area contributed by atoms with Gasteiger partial charge in [0.2, 0.25) is 0 Å². The lowest BCUT2D eigenvalue weighted by molar-refractivity contribution is -0.907. The van der Waals surface area contributed by atoms with Crippen molar-refractivity contribution in [1.29, 1.82) is 0 Å². The molecule has 27 heavy (non-hydrogen) atoms. The smallest absolute Gasteiger partial charge is 0.282 e. The van der Waals surface area contributed by atoms with Crippen LogP contribution in [0, 0.1) is 0 Å². The Bertz CT molecular complexity index is 743. The number of carbonyl (C=O) groups is 1. The van der Waals surface area contributed by atoms with E-state index in [1.807, 2.05) is 50.4 Å². The lowest BCUT2D eigenvalue weighted by atomic mass is 10.2. The number of rotatable bonds is 6. The molecule has 2 aromatic carbocycles. The summed E-state index contributed by atoms with van der Waals surface area (Å²) in [6.45, 7) is 6.05. The summed E-state index contributed by atoms with van der Waals surface area (Å²) in [5, 5.41) is 3.75. The van der Waals surface area contributed by atoms with Gasteiger partial charge in [-0.2, -0.15) is 0 Å². The molecule has 6 heteroatoms. The molecule has 144 valence electrons. The molecular weight excluding hydrogens is 362 g/mol. The number of quaternary nitrogens is 1. The molecular formula is C21H27ClN3O2+. The Labute approximate surface area is 165 Å². The molecule has 2 N–H and O–H groups in total. The van der Waals surface area contributed by atoms with Crippen LogP contribution in [0.15, 0.2) is 48.5 Å². The van der Waals surface area contributed by atoms with Crippen molar-refractivity contribution in [3.05, 3.63) is 59.1 Å². The molecule has 0 radical (unpaired) electrons. The second-order valence-electron chi connectivity index (χ2n) is 7.01. The van der Waals surface area contributed by atoms with Gasteiger partial charge in [-0.3, -0.25) is 4.79 Å². The van der Waals surface area contributed by atoms with E-state index < -0.39 is 0 Å². The van der Waals surface area contributed by atoms with Crippen molar-refractivity contribution in [3.8, 4) is 0 Å². The second kappa shape index (κ2) is 9.22. The quantitative estimate of drug-likeness (QED) is 0.797. The highest BCUT2D eigenvalue weighted by Gasteiger charge is 2.22. The molecule has 1 fully saturated rings. The van der Waals surface area contributed by atoms with Crippen LogP contribution in [0.5, 0.6) is 0 Å². The van der Waals surface area contributed by atoms with Crippen molar-refractivity contribution in [1.82, 2.24) is 0 Å². The minimum Gasteiger partial charge on any atom is -0.378 e. The van der Waals surface area contributed by atoms with Gasteiger partial charge >= 0.3 is 0 Å². The van der Waals surface area contributed by atoms with E-state index in [1.54, 1.807) is 0 Å². The van der Waals surface area contributed by atoms with E-state index in [4.69, 9.17) is 16.3 Å². The van der Waals surface area contributed by atoms with Gasteiger partial charge in [-0.25, -0.2) is 0 Å². The van der Waals surface area contributed by atoms with E-state index in [-0.39, 0.29) is 11.9 Å². The fourth-order valence-electron chi connectivity index (χ4n) is 3.13. The maximum absolute atomic E-state index is 12.6. The Morgan fingerprint density at radius 1 is 1.15 bits per heavy atom. The Morgan fingerprint density at radius 3 is 2.41 bits per heavy atom. The summed E-state index contributed by atoms with van der Waals surface area (Å²) in [5.41, 5.74) is 3.14. The highest BCUT2D eigenvalue weighted by atomic mass is 35.5. The summed E-state index contributed by atoms with van der Waals surface area (Å²) in [6, 6.07) is 15.6. The standard InChI is InChI=1S/C21H26ClN3O2/c1-16(24(2)15-17-3-5-18(22)6-4-17)21(26)23-19-7-9-20(10-8-19)25-11-13-27-14-12-25/h3-10,16H,11-15H2,1-2H3,(H,23,26)/p+1/t16-/m1/s1. The Balaban J connectivity index is 1.54. The third-order valence-corrected chi connectivity index (χ3v) is 5.29. The van der Waals surface area contributed by atoms with Gasteiger partial charge in [0.25, 0.3) is 5.91 Å². The maximum Gasteiger partial charge on any atom is 0.282 e. The molecule has 3 rings (SSSR count). The molecule has 1 unspecified atom stereocenters. The molecule has 2 atom stereocenters. The summed E-state index contributed by atoms with van der Waals surface area (Å²) < 4.78 is 5.39. The molecule has 0 aliphatic carbocycles. The topological polar surface area (TPSA) is 46.0 Å². The number of nitrogens with zero attached hydrogens (tertiary/aromatic N) is 1. The minimum absolute atomic E-state index is 0.0144. The number of morpholine rings is 1. The predicted octanol–water partition coefficient (Wildman–Crippen LogP) is 2.22. The summed E-state index contributed by atoms with van der Waals surface area (Å²) >= 11 is 5.93. The van der Waals surface area contributed by atoms with E-state index in [9.17, 15) is 4.79 Å². The minimum atomic E-state index is -0.167. The first kappa shape index (κ1) is 19.7. The van der Waals surface area contributed by atoms with Gasteiger partial charge in [-0.05, 0) is 43.3 Å². The van der Waals surface area contributed by atoms with Gasteiger partial charge in [-0.1, -0.05) is 23.7 Å². The Morgan fingerprint density at radius 2 is 1.78 bits per heavy atom. The number of halogens is 1. The monoisotopic (exact) mass is 388 g/mol. The third kappa shape index (κ3) is 5.45. The molecule has 1 aliphatic rings. The number of hydrogen-bond acceptors (Lipinski definition) is 3. The van der Waals surface area contributed by atoms with E-state index in [0.717, 1.165) is 59.7 Å². The number of likely N-dealkylation sites (N-methyl/N-ethyl adjacent to an activating group) is 1. The van der Waals surface area contributed by atoms with Gasteiger partial charge in [-0.15, -0.1) is 0 Å². The van der Waals surface area contributed by atoms with Crippen LogP contribution in [0.25, 0.3) is 0 Å². The summed E-state index contributed by atoms with van der Waals surface area (Å²) in [5.74, 6) is 0.0144. The van der Waals surface area contributed by atoms with E-state index >= 15 is 0 Å². The number of ether oxygens (including phenoxy) is 1. The lowest BCUT2D eigenvalue weighted by Crippen LogP contribution is -3.12. The summed E-state index contributed by atoms with van der Waals surface area (Å²) in [4.78, 5) is 16.0. The zero-order chi connectivity index (χ0) is 19.2. The zero-order valence-electron chi connectivity index (χ0n) is 15.9. The van der Waals surface area contributed by atoms with E-state index in [2.05, 4.69) is 22.3 Å². The van der Waals surface area contributed by atoms with Gasteiger partial charge in [0.15, 0.2) is 6.04 Å². The highest BCUT2D eigenvalue weighted by Crippen LogP contribution is 2.19. The Hall–Kier alpha value is -2.08. The van der Waals surface area contributed by atoms with Crippen LogP contribution in [-0.2, 0) is 16.1 Å². The van der Waals surface area contributed by atoms with Gasteiger partial charge in [0.05, 0.1) is 20.3 Å². The Kier molecular flexibility index (Phi) is 6.72. The van der Waals surface area contributed by atoms with Crippen LogP contribution in [0.2, 0.25) is 5.02 Å². The fraction of sp³-hybridized carbons (Fsp3) is 0.381. The molecule has 0 spiro atoms. The first-order valence-corrected chi connectivity index (χ1v) is 9.71. The molecule has 1 saturated heterocycles. The van der Waals surface area contributed by atoms with Gasteiger partial charge in [0, 0.05) is 35.1 Å². The van der Waals surface area contributed by atoms with Gasteiger partial charge in [0.1, 0.15) is 6.54 Å². The zero-order valence-corrected chi connectivity index (χ0v) is 16.6. The SMILES string of the molecule is C[C@H](C(=O)Nc1ccc(N2CCOCC2)cc1)[NH+](C)Cc1ccc(Cl)cc1. The molecule has 0 bridgehead atoms. The predicted molar refractivity (Wildman–Crippen MR) is 110 cm³/mol. The van der Waals surface area contributed by atoms with Crippen molar-refractivity contribution in [3.63, 3.8) is 0 Å². The fourth-order valence-corrected chi connectivity index (χ4v) is 3.25. The largest absolute Gasteiger partial charge is 0.378 e. The molecule has 1 amide bonds. The van der Waals surface area contributed by atoms with Crippen molar-refractivity contribution < 1.29 is 14.4 Å². The first-order valence-electron chi connectivity index (χ1n) is 9.33. The van der Waals surface area contributed by atoms with Crippen LogP contribution >= 0.6 is 11.6 Å². The molecule has 1 heterocycles. The number of carbonyl (C=O) groups excluding carboxylic acids is 1. The van der Waals surface area contributed by atoms with E-state index in [0.29, 0.717) is 0 Å². The highest BCUT2D eigenvalue weighted by molar-refractivity contribution is 6.30. The first-order chi connectivity index (χ1) is 13.0. The van der Waals surface area contributed by atoms with Crippen LogP contribution in [-0.4, -0.2) is 45.3 Å². The number of anilines is 2. The van der Waals surface area contributed by atoms with Crippen molar-refractivity contribution >= 4 is 28.9 Å². The van der Waals surface area contributed by atoms with Crippen molar-refractivity contribution in [2.24, 2.45) is 0 Å². The number of hydrogen-bond donors (Lipinski definition) is 2. The molecule has 0 saturated carbocycles. The van der Waals surface area contributed by atoms with Gasteiger partial charge < -0.3 is 19.9 Å². The summed E-state index contributed by atoms with van der Waals surface area (Å²) in [6.07, 6.45) is 0. The average Bonchev–Trinajstić information content (AvgIpc) is 2.70. The second-order valence-corrected chi connectivity index (χ2v) is 7.44.